The number of fused-ring (bicyclic) bond motifs is 1. The zero-order valence-electron chi connectivity index (χ0n) is 9.66. The van der Waals surface area contributed by atoms with Crippen LogP contribution in [0.2, 0.25) is 0 Å². The molecule has 0 amide bonds. The second-order valence-corrected chi connectivity index (χ2v) is 4.60. The molecule has 2 aliphatic rings. The van der Waals surface area contributed by atoms with E-state index in [1.54, 1.807) is 7.11 Å². The highest BCUT2D eigenvalue weighted by atomic mass is 16.7. The van der Waals surface area contributed by atoms with E-state index in [1.807, 2.05) is 18.2 Å². The van der Waals surface area contributed by atoms with Crippen LogP contribution in [-0.2, 0) is 0 Å². The smallest absolute Gasteiger partial charge is 0.254 e. The molecule has 16 heavy (non-hydrogen) atoms. The van der Waals surface area contributed by atoms with Crippen LogP contribution in [0.15, 0.2) is 18.2 Å². The molecule has 3 rings (SSSR count). The molecule has 1 aromatic rings. The Labute approximate surface area is 95.3 Å². The first-order chi connectivity index (χ1) is 7.75. The number of ether oxygens (including phenoxy) is 3. The molecule has 1 aliphatic heterocycles. The SMILES string of the molecule is COc1cccc2c1OC1(CCCC1C)O2. The molecule has 1 aliphatic carbocycles. The van der Waals surface area contributed by atoms with Crippen molar-refractivity contribution in [3.8, 4) is 17.2 Å². The van der Waals surface area contributed by atoms with Gasteiger partial charge in [0.1, 0.15) is 0 Å². The van der Waals surface area contributed by atoms with Gasteiger partial charge in [-0.3, -0.25) is 0 Å². The van der Waals surface area contributed by atoms with Crippen LogP contribution in [0.4, 0.5) is 0 Å². The maximum absolute atomic E-state index is 6.04. The second kappa shape index (κ2) is 3.30. The van der Waals surface area contributed by atoms with E-state index in [4.69, 9.17) is 14.2 Å². The van der Waals surface area contributed by atoms with Crippen molar-refractivity contribution in [3.05, 3.63) is 18.2 Å². The van der Waals surface area contributed by atoms with Crippen LogP contribution in [0.1, 0.15) is 26.2 Å². The molecule has 3 nitrogen and oxygen atoms in total. The average Bonchev–Trinajstić information content (AvgIpc) is 2.83. The van der Waals surface area contributed by atoms with Crippen LogP contribution >= 0.6 is 0 Å². The Morgan fingerprint density at radius 2 is 2.25 bits per heavy atom. The largest absolute Gasteiger partial charge is 0.493 e. The minimum absolute atomic E-state index is 0.434. The third-order valence-corrected chi connectivity index (χ3v) is 3.63. The first-order valence-electron chi connectivity index (χ1n) is 5.80. The van der Waals surface area contributed by atoms with Crippen LogP contribution in [0.25, 0.3) is 0 Å². The third kappa shape index (κ3) is 1.20. The van der Waals surface area contributed by atoms with E-state index in [2.05, 4.69) is 6.92 Å². The number of benzene rings is 1. The highest BCUT2D eigenvalue weighted by Crippen LogP contribution is 2.52. The van der Waals surface area contributed by atoms with Gasteiger partial charge in [0, 0.05) is 12.3 Å². The summed E-state index contributed by atoms with van der Waals surface area (Å²) >= 11 is 0. The summed E-state index contributed by atoms with van der Waals surface area (Å²) in [7, 11) is 1.65. The predicted molar refractivity (Wildman–Crippen MR) is 60.0 cm³/mol. The van der Waals surface area contributed by atoms with Crippen molar-refractivity contribution in [2.24, 2.45) is 5.92 Å². The Morgan fingerprint density at radius 3 is 2.94 bits per heavy atom. The highest BCUT2D eigenvalue weighted by molar-refractivity contribution is 5.53. The zero-order valence-corrected chi connectivity index (χ0v) is 9.66. The van der Waals surface area contributed by atoms with Crippen molar-refractivity contribution in [2.75, 3.05) is 7.11 Å². The van der Waals surface area contributed by atoms with E-state index in [-0.39, 0.29) is 0 Å². The quantitative estimate of drug-likeness (QED) is 0.728. The summed E-state index contributed by atoms with van der Waals surface area (Å²) in [6.45, 7) is 2.19. The van der Waals surface area contributed by atoms with Crippen molar-refractivity contribution in [1.29, 1.82) is 0 Å². The molecule has 0 saturated heterocycles. The fourth-order valence-electron chi connectivity index (χ4n) is 2.64. The van der Waals surface area contributed by atoms with Crippen LogP contribution in [-0.4, -0.2) is 12.9 Å². The van der Waals surface area contributed by atoms with Gasteiger partial charge < -0.3 is 14.2 Å². The molecule has 0 aromatic heterocycles. The third-order valence-electron chi connectivity index (χ3n) is 3.63. The van der Waals surface area contributed by atoms with E-state index in [0.717, 1.165) is 36.5 Å². The minimum Gasteiger partial charge on any atom is -0.493 e. The highest BCUT2D eigenvalue weighted by Gasteiger charge is 2.50. The Balaban J connectivity index is 1.99. The van der Waals surface area contributed by atoms with E-state index in [1.165, 1.54) is 0 Å². The van der Waals surface area contributed by atoms with Gasteiger partial charge in [0.05, 0.1) is 7.11 Å². The van der Waals surface area contributed by atoms with Crippen molar-refractivity contribution in [2.45, 2.75) is 32.0 Å². The van der Waals surface area contributed by atoms with Gasteiger partial charge in [-0.25, -0.2) is 0 Å². The Kier molecular flexibility index (Phi) is 2.03. The summed E-state index contributed by atoms with van der Waals surface area (Å²) in [6.07, 6.45) is 3.29. The molecule has 3 heteroatoms. The maximum atomic E-state index is 6.04. The van der Waals surface area contributed by atoms with E-state index in [0.29, 0.717) is 5.92 Å². The normalized spacial score (nSPS) is 31.0. The Bertz CT molecular complexity index is 416. The summed E-state index contributed by atoms with van der Waals surface area (Å²) in [6, 6.07) is 5.78. The van der Waals surface area contributed by atoms with Crippen LogP contribution in [0.3, 0.4) is 0 Å². The number of hydrogen-bond acceptors (Lipinski definition) is 3. The molecule has 1 saturated carbocycles. The topological polar surface area (TPSA) is 27.7 Å². The van der Waals surface area contributed by atoms with E-state index < -0.39 is 5.79 Å². The van der Waals surface area contributed by atoms with Gasteiger partial charge in [0.15, 0.2) is 11.5 Å². The molecule has 1 spiro atoms. The van der Waals surface area contributed by atoms with Crippen molar-refractivity contribution >= 4 is 0 Å². The molecule has 0 N–H and O–H groups in total. The fourth-order valence-corrected chi connectivity index (χ4v) is 2.64. The Hall–Kier alpha value is -1.38. The molecule has 86 valence electrons. The molecule has 1 heterocycles. The number of methoxy groups -OCH3 is 1. The van der Waals surface area contributed by atoms with E-state index >= 15 is 0 Å². The molecule has 2 atom stereocenters. The van der Waals surface area contributed by atoms with Crippen molar-refractivity contribution < 1.29 is 14.2 Å². The van der Waals surface area contributed by atoms with Gasteiger partial charge in [0.2, 0.25) is 5.75 Å². The van der Waals surface area contributed by atoms with Crippen LogP contribution < -0.4 is 14.2 Å². The van der Waals surface area contributed by atoms with Gasteiger partial charge in [-0.15, -0.1) is 0 Å². The number of rotatable bonds is 1. The zero-order chi connectivity index (χ0) is 11.2. The molecular weight excluding hydrogens is 204 g/mol. The van der Waals surface area contributed by atoms with Gasteiger partial charge in [-0.05, 0) is 25.0 Å². The first-order valence-corrected chi connectivity index (χ1v) is 5.80. The average molecular weight is 220 g/mol. The molecule has 2 unspecified atom stereocenters. The second-order valence-electron chi connectivity index (χ2n) is 4.60. The van der Waals surface area contributed by atoms with Gasteiger partial charge in [-0.1, -0.05) is 13.0 Å². The van der Waals surface area contributed by atoms with E-state index in [9.17, 15) is 0 Å². The Morgan fingerprint density at radius 1 is 1.38 bits per heavy atom. The lowest BCUT2D eigenvalue weighted by Gasteiger charge is -2.27. The lowest BCUT2D eigenvalue weighted by Crippen LogP contribution is -2.40. The monoisotopic (exact) mass is 220 g/mol. The molecule has 0 radical (unpaired) electrons. The summed E-state index contributed by atoms with van der Waals surface area (Å²) < 4.78 is 17.3. The molecular formula is C13H16O3. The van der Waals surface area contributed by atoms with Gasteiger partial charge >= 0.3 is 0 Å². The molecule has 1 aromatic carbocycles. The maximum Gasteiger partial charge on any atom is 0.254 e. The number of hydrogen-bond donors (Lipinski definition) is 0. The van der Waals surface area contributed by atoms with Crippen molar-refractivity contribution in [1.82, 2.24) is 0 Å². The standard InChI is InChI=1S/C13H16O3/c1-9-5-4-8-13(9)15-11-7-3-6-10(14-2)12(11)16-13/h3,6-7,9H,4-5,8H2,1-2H3. The summed E-state index contributed by atoms with van der Waals surface area (Å²) in [5.74, 6) is 2.33. The number of para-hydroxylation sites is 1. The van der Waals surface area contributed by atoms with Crippen molar-refractivity contribution in [3.63, 3.8) is 0 Å². The molecule has 0 bridgehead atoms. The lowest BCUT2D eigenvalue weighted by atomic mass is 10.1. The predicted octanol–water partition coefficient (Wildman–Crippen LogP) is 2.98. The van der Waals surface area contributed by atoms with Gasteiger partial charge in [0.25, 0.3) is 5.79 Å². The summed E-state index contributed by atoms with van der Waals surface area (Å²) in [5.41, 5.74) is 0. The molecule has 1 fully saturated rings. The minimum atomic E-state index is -0.434. The fraction of sp³-hybridized carbons (Fsp3) is 0.538. The van der Waals surface area contributed by atoms with Crippen LogP contribution in [0.5, 0.6) is 17.2 Å². The summed E-state index contributed by atoms with van der Waals surface area (Å²) in [4.78, 5) is 0. The van der Waals surface area contributed by atoms with Gasteiger partial charge in [-0.2, -0.15) is 0 Å². The van der Waals surface area contributed by atoms with Crippen LogP contribution in [0, 0.1) is 5.92 Å². The lowest BCUT2D eigenvalue weighted by molar-refractivity contribution is -0.104. The first kappa shape index (κ1) is 9.82. The summed E-state index contributed by atoms with van der Waals surface area (Å²) in [5, 5.41) is 0.